The maximum Gasteiger partial charge on any atom is 0.252 e. The van der Waals surface area contributed by atoms with Gasteiger partial charge in [0.1, 0.15) is 6.10 Å². The Morgan fingerprint density at radius 2 is 1.96 bits per heavy atom. The molecule has 27 heavy (non-hydrogen) atoms. The third-order valence-electron chi connectivity index (χ3n) is 3.57. The number of rotatable bonds is 8. The maximum atomic E-state index is 13.6. The molecule has 144 valence electrons. The Balaban J connectivity index is 1.67. The molecule has 0 aliphatic rings. The van der Waals surface area contributed by atoms with Gasteiger partial charge in [0, 0.05) is 32.5 Å². The van der Waals surface area contributed by atoms with Gasteiger partial charge < -0.3 is 20.7 Å². The minimum atomic E-state index is -0.392. The molecule has 8 heteroatoms. The number of guanidine groups is 1. The number of aromatic nitrogens is 1. The summed E-state index contributed by atoms with van der Waals surface area (Å²) in [5, 5.41) is 8.97. The lowest BCUT2D eigenvalue weighted by Gasteiger charge is -2.18. The molecule has 0 saturated heterocycles. The highest BCUT2D eigenvalue weighted by Gasteiger charge is 2.09. The first kappa shape index (κ1) is 20.2. The van der Waals surface area contributed by atoms with Crippen LogP contribution in [0.3, 0.4) is 0 Å². The molecule has 0 spiro atoms. The first-order valence-electron chi connectivity index (χ1n) is 8.64. The second-order valence-corrected chi connectivity index (χ2v) is 5.74. The van der Waals surface area contributed by atoms with Crippen LogP contribution in [0.1, 0.15) is 17.3 Å². The molecule has 1 heterocycles. The van der Waals surface area contributed by atoms with Crippen LogP contribution in [-0.4, -0.2) is 49.6 Å². The van der Waals surface area contributed by atoms with Crippen molar-refractivity contribution >= 4 is 11.9 Å². The third kappa shape index (κ3) is 6.93. The second kappa shape index (κ2) is 10.7. The fourth-order valence-electron chi connectivity index (χ4n) is 2.22. The van der Waals surface area contributed by atoms with E-state index in [2.05, 4.69) is 25.9 Å². The molecule has 2 aromatic rings. The number of nitrogens with zero attached hydrogens (tertiary/aromatic N) is 2. The molecule has 2 rings (SSSR count). The van der Waals surface area contributed by atoms with E-state index in [-0.39, 0.29) is 17.8 Å². The van der Waals surface area contributed by atoms with Crippen molar-refractivity contribution in [3.63, 3.8) is 0 Å². The van der Waals surface area contributed by atoms with Gasteiger partial charge in [-0.2, -0.15) is 0 Å². The van der Waals surface area contributed by atoms with Crippen LogP contribution in [0.15, 0.2) is 53.8 Å². The minimum absolute atomic E-state index is 0.181. The first-order valence-corrected chi connectivity index (χ1v) is 8.64. The zero-order valence-electron chi connectivity index (χ0n) is 15.4. The Morgan fingerprint density at radius 1 is 1.19 bits per heavy atom. The largest absolute Gasteiger partial charge is 0.486 e. The van der Waals surface area contributed by atoms with Gasteiger partial charge in [0.25, 0.3) is 5.91 Å². The van der Waals surface area contributed by atoms with E-state index < -0.39 is 5.82 Å². The molecule has 0 bridgehead atoms. The van der Waals surface area contributed by atoms with E-state index in [9.17, 15) is 9.18 Å². The summed E-state index contributed by atoms with van der Waals surface area (Å²) < 4.78 is 19.2. The van der Waals surface area contributed by atoms with Crippen LogP contribution in [0.5, 0.6) is 5.75 Å². The van der Waals surface area contributed by atoms with E-state index in [1.54, 1.807) is 43.6 Å². The predicted molar refractivity (Wildman–Crippen MR) is 102 cm³/mol. The van der Waals surface area contributed by atoms with E-state index in [0.717, 1.165) is 0 Å². The summed E-state index contributed by atoms with van der Waals surface area (Å²) in [6, 6.07) is 9.69. The number of carbonyl (C=O) groups excluding carboxylic acids is 1. The van der Waals surface area contributed by atoms with Gasteiger partial charge in [-0.25, -0.2) is 4.39 Å². The van der Waals surface area contributed by atoms with E-state index in [0.29, 0.717) is 31.2 Å². The minimum Gasteiger partial charge on any atom is -0.486 e. The number of hydrogen-bond acceptors (Lipinski definition) is 4. The highest BCUT2D eigenvalue weighted by Crippen LogP contribution is 2.16. The summed E-state index contributed by atoms with van der Waals surface area (Å²) in [6.45, 7) is 3.20. The van der Waals surface area contributed by atoms with E-state index in [1.807, 2.05) is 6.92 Å². The molecule has 1 aromatic carbocycles. The summed E-state index contributed by atoms with van der Waals surface area (Å²) in [4.78, 5) is 19.9. The van der Waals surface area contributed by atoms with Gasteiger partial charge in [0.05, 0.1) is 12.1 Å². The fraction of sp³-hybridized carbons (Fsp3) is 0.316. The van der Waals surface area contributed by atoms with Gasteiger partial charge in [-0.15, -0.1) is 0 Å². The second-order valence-electron chi connectivity index (χ2n) is 5.74. The van der Waals surface area contributed by atoms with E-state index in [4.69, 9.17) is 4.74 Å². The third-order valence-corrected chi connectivity index (χ3v) is 3.57. The maximum absolute atomic E-state index is 13.6. The van der Waals surface area contributed by atoms with Crippen LogP contribution in [0.4, 0.5) is 4.39 Å². The van der Waals surface area contributed by atoms with Crippen LogP contribution < -0.4 is 20.7 Å². The highest BCUT2D eigenvalue weighted by atomic mass is 19.1. The van der Waals surface area contributed by atoms with Crippen molar-refractivity contribution < 1.29 is 13.9 Å². The molecule has 0 saturated carbocycles. The Bertz CT molecular complexity index is 755. The smallest absolute Gasteiger partial charge is 0.252 e. The zero-order valence-corrected chi connectivity index (χ0v) is 15.4. The number of amides is 1. The molecule has 0 aliphatic carbocycles. The molecular formula is C19H24FN5O2. The number of benzene rings is 1. The summed E-state index contributed by atoms with van der Waals surface area (Å²) in [5.41, 5.74) is 0.513. The Hall–Kier alpha value is -3.16. The molecular weight excluding hydrogens is 349 g/mol. The van der Waals surface area contributed by atoms with Gasteiger partial charge in [-0.05, 0) is 31.2 Å². The standard InChI is InChI=1S/C19H24FN5O2/c1-14(27-17-8-4-3-7-16(17)20)12-25-19(21-2)24-11-10-23-18(26)15-6-5-9-22-13-15/h3-9,13-14H,10-12H2,1-2H3,(H,23,26)(H2,21,24,25). The zero-order chi connectivity index (χ0) is 19.5. The molecule has 1 amide bonds. The van der Waals surface area contributed by atoms with Crippen LogP contribution in [0, 0.1) is 5.82 Å². The summed E-state index contributed by atoms with van der Waals surface area (Å²) >= 11 is 0. The van der Waals surface area contributed by atoms with Gasteiger partial charge in [-0.3, -0.25) is 14.8 Å². The van der Waals surface area contributed by atoms with Gasteiger partial charge in [-0.1, -0.05) is 12.1 Å². The van der Waals surface area contributed by atoms with Crippen molar-refractivity contribution in [2.24, 2.45) is 4.99 Å². The van der Waals surface area contributed by atoms with Crippen LogP contribution >= 0.6 is 0 Å². The number of nitrogens with one attached hydrogen (secondary N) is 3. The molecule has 3 N–H and O–H groups in total. The quantitative estimate of drug-likeness (QED) is 0.372. The van der Waals surface area contributed by atoms with Crippen LogP contribution in [0.25, 0.3) is 0 Å². The molecule has 0 radical (unpaired) electrons. The Morgan fingerprint density at radius 3 is 2.67 bits per heavy atom. The monoisotopic (exact) mass is 373 g/mol. The molecule has 1 aromatic heterocycles. The van der Waals surface area contributed by atoms with Crippen LogP contribution in [-0.2, 0) is 0 Å². The number of hydrogen-bond donors (Lipinski definition) is 3. The molecule has 1 atom stereocenters. The lowest BCUT2D eigenvalue weighted by Crippen LogP contribution is -2.44. The Labute approximate surface area is 158 Å². The van der Waals surface area contributed by atoms with E-state index >= 15 is 0 Å². The average molecular weight is 373 g/mol. The molecule has 1 unspecified atom stereocenters. The number of aliphatic imine (C=N–C) groups is 1. The van der Waals surface area contributed by atoms with Crippen molar-refractivity contribution in [2.45, 2.75) is 13.0 Å². The molecule has 7 nitrogen and oxygen atoms in total. The van der Waals surface area contributed by atoms with Gasteiger partial charge in [0.2, 0.25) is 0 Å². The molecule has 0 aliphatic heterocycles. The lowest BCUT2D eigenvalue weighted by molar-refractivity contribution is 0.0954. The van der Waals surface area contributed by atoms with Crippen LogP contribution in [0.2, 0.25) is 0 Å². The number of halogens is 1. The van der Waals surface area contributed by atoms with E-state index in [1.165, 1.54) is 12.3 Å². The lowest BCUT2D eigenvalue weighted by atomic mass is 10.3. The van der Waals surface area contributed by atoms with Gasteiger partial charge in [0.15, 0.2) is 17.5 Å². The Kier molecular flexibility index (Phi) is 8.02. The predicted octanol–water partition coefficient (Wildman–Crippen LogP) is 1.58. The normalized spacial score (nSPS) is 12.2. The number of carbonyl (C=O) groups is 1. The summed E-state index contributed by atoms with van der Waals surface area (Å²) in [6.07, 6.45) is 2.87. The average Bonchev–Trinajstić information content (AvgIpc) is 2.69. The number of ether oxygens (including phenoxy) is 1. The number of para-hydroxylation sites is 1. The summed E-state index contributed by atoms with van der Waals surface area (Å²) in [5.74, 6) is 0.207. The van der Waals surface area contributed by atoms with Gasteiger partial charge >= 0.3 is 0 Å². The van der Waals surface area contributed by atoms with Crippen molar-refractivity contribution in [1.82, 2.24) is 20.9 Å². The van der Waals surface area contributed by atoms with Crippen molar-refractivity contribution in [3.05, 3.63) is 60.2 Å². The first-order chi connectivity index (χ1) is 13.1. The fourth-order valence-corrected chi connectivity index (χ4v) is 2.22. The highest BCUT2D eigenvalue weighted by molar-refractivity contribution is 5.93. The summed E-state index contributed by atoms with van der Waals surface area (Å²) in [7, 11) is 1.64. The topological polar surface area (TPSA) is 87.6 Å². The van der Waals surface area contributed by atoms with Crippen molar-refractivity contribution in [2.75, 3.05) is 26.7 Å². The van der Waals surface area contributed by atoms with Crippen molar-refractivity contribution in [1.29, 1.82) is 0 Å². The molecule has 0 fully saturated rings. The SMILES string of the molecule is CN=C(NCCNC(=O)c1cccnc1)NCC(C)Oc1ccccc1F. The number of pyridine rings is 1. The van der Waals surface area contributed by atoms with Crippen molar-refractivity contribution in [3.8, 4) is 5.75 Å².